The Morgan fingerprint density at radius 3 is 2.62 bits per heavy atom. The van der Waals surface area contributed by atoms with E-state index in [4.69, 9.17) is 14.2 Å². The van der Waals surface area contributed by atoms with Crippen LogP contribution < -0.4 is 0 Å². The first-order chi connectivity index (χ1) is 16.3. The Hall–Kier alpha value is -1.76. The number of rotatable bonds is 10. The number of halogens is 3. The van der Waals surface area contributed by atoms with E-state index in [1.54, 1.807) is 0 Å². The van der Waals surface area contributed by atoms with Crippen molar-refractivity contribution in [2.75, 3.05) is 85.9 Å². The molecule has 2 heterocycles. The molecule has 0 bridgehead atoms. The summed E-state index contributed by atoms with van der Waals surface area (Å²) < 4.78 is 55.6. The molecular weight excluding hydrogens is 455 g/mol. The largest absolute Gasteiger partial charge is 0.416 e. The van der Waals surface area contributed by atoms with E-state index in [0.29, 0.717) is 46.0 Å². The fraction of sp³-hybridized carbons (Fsp3) is 0.696. The third-order valence-electron chi connectivity index (χ3n) is 5.98. The van der Waals surface area contributed by atoms with Gasteiger partial charge in [0.2, 0.25) is 0 Å². The van der Waals surface area contributed by atoms with Gasteiger partial charge in [-0.05, 0) is 18.2 Å². The zero-order valence-corrected chi connectivity index (χ0v) is 19.5. The van der Waals surface area contributed by atoms with Crippen molar-refractivity contribution in [3.63, 3.8) is 0 Å². The van der Waals surface area contributed by atoms with Crippen molar-refractivity contribution >= 4 is 5.91 Å². The number of ether oxygens (including phenoxy) is 3. The van der Waals surface area contributed by atoms with Crippen molar-refractivity contribution in [2.45, 2.75) is 18.4 Å². The van der Waals surface area contributed by atoms with Gasteiger partial charge in [-0.25, -0.2) is 0 Å². The number of alkyl halides is 3. The number of morpholine rings is 2. The topological polar surface area (TPSA) is 74.7 Å². The molecule has 0 aromatic heterocycles. The van der Waals surface area contributed by atoms with Crippen LogP contribution in [0.15, 0.2) is 24.3 Å². The summed E-state index contributed by atoms with van der Waals surface area (Å²) in [5.74, 6) is -0.503. The van der Waals surface area contributed by atoms with E-state index in [0.717, 1.165) is 25.2 Å². The maximum absolute atomic E-state index is 13.1. The van der Waals surface area contributed by atoms with Crippen molar-refractivity contribution in [3.05, 3.63) is 35.4 Å². The minimum absolute atomic E-state index is 0.0282. The van der Waals surface area contributed by atoms with Crippen LogP contribution in [-0.4, -0.2) is 124 Å². The van der Waals surface area contributed by atoms with E-state index in [1.165, 1.54) is 24.1 Å². The monoisotopic (exact) mass is 489 g/mol. The van der Waals surface area contributed by atoms with E-state index < -0.39 is 23.8 Å². The first kappa shape index (κ1) is 26.8. The predicted octanol–water partition coefficient (Wildman–Crippen LogP) is 1.19. The van der Waals surface area contributed by atoms with Gasteiger partial charge >= 0.3 is 6.18 Å². The van der Waals surface area contributed by atoms with Crippen LogP contribution in [0.25, 0.3) is 0 Å². The van der Waals surface area contributed by atoms with Gasteiger partial charge in [0, 0.05) is 65.0 Å². The van der Waals surface area contributed by atoms with Gasteiger partial charge in [0.25, 0.3) is 5.91 Å². The van der Waals surface area contributed by atoms with Crippen LogP contribution in [0.1, 0.15) is 15.9 Å². The average molecular weight is 490 g/mol. The maximum Gasteiger partial charge on any atom is 0.416 e. The van der Waals surface area contributed by atoms with Crippen LogP contribution in [0.3, 0.4) is 0 Å². The lowest BCUT2D eigenvalue weighted by molar-refractivity contribution is -0.137. The summed E-state index contributed by atoms with van der Waals surface area (Å²) in [7, 11) is 1.50. The van der Waals surface area contributed by atoms with Gasteiger partial charge in [-0.2, -0.15) is 13.2 Å². The zero-order chi connectivity index (χ0) is 24.6. The lowest BCUT2D eigenvalue weighted by Crippen LogP contribution is -2.52. The molecule has 11 heteroatoms. The highest BCUT2D eigenvalue weighted by molar-refractivity contribution is 5.94. The molecular formula is C23H34F3N3O5. The van der Waals surface area contributed by atoms with Crippen LogP contribution in [-0.2, 0) is 20.4 Å². The molecule has 0 spiro atoms. The number of nitrogens with zero attached hydrogens (tertiary/aromatic N) is 3. The number of benzene rings is 1. The van der Waals surface area contributed by atoms with E-state index >= 15 is 0 Å². The second-order valence-electron chi connectivity index (χ2n) is 8.64. The molecule has 2 aliphatic rings. The van der Waals surface area contributed by atoms with Gasteiger partial charge in [-0.1, -0.05) is 6.07 Å². The highest BCUT2D eigenvalue weighted by atomic mass is 19.4. The van der Waals surface area contributed by atoms with Crippen molar-refractivity contribution in [3.8, 4) is 0 Å². The Balaban J connectivity index is 1.58. The third-order valence-corrected chi connectivity index (χ3v) is 5.98. The molecule has 0 unspecified atom stereocenters. The van der Waals surface area contributed by atoms with E-state index in [-0.39, 0.29) is 31.4 Å². The van der Waals surface area contributed by atoms with Crippen molar-refractivity contribution in [2.24, 2.45) is 0 Å². The summed E-state index contributed by atoms with van der Waals surface area (Å²) in [6, 6.07) is 4.44. The molecule has 0 saturated carbocycles. The Labute approximate surface area is 198 Å². The lowest BCUT2D eigenvalue weighted by Gasteiger charge is -2.37. The fourth-order valence-electron chi connectivity index (χ4n) is 4.23. The molecule has 0 aliphatic carbocycles. The van der Waals surface area contributed by atoms with Crippen molar-refractivity contribution in [1.29, 1.82) is 0 Å². The minimum atomic E-state index is -4.53. The van der Waals surface area contributed by atoms with Crippen LogP contribution >= 0.6 is 0 Å². The Morgan fingerprint density at radius 1 is 1.21 bits per heavy atom. The minimum Gasteiger partial charge on any atom is -0.390 e. The number of aliphatic hydroxyl groups is 1. The van der Waals surface area contributed by atoms with Gasteiger partial charge in [0.15, 0.2) is 0 Å². The predicted molar refractivity (Wildman–Crippen MR) is 119 cm³/mol. The molecule has 2 fully saturated rings. The zero-order valence-electron chi connectivity index (χ0n) is 19.5. The molecule has 2 aliphatic heterocycles. The maximum atomic E-state index is 13.1. The molecule has 192 valence electrons. The highest BCUT2D eigenvalue weighted by Crippen LogP contribution is 2.29. The molecule has 1 N–H and O–H groups in total. The summed E-state index contributed by atoms with van der Waals surface area (Å²) >= 11 is 0. The molecule has 1 aromatic rings. The summed E-state index contributed by atoms with van der Waals surface area (Å²) in [5.41, 5.74) is -0.890. The van der Waals surface area contributed by atoms with E-state index in [1.807, 2.05) is 0 Å². The van der Waals surface area contributed by atoms with Gasteiger partial charge in [-0.15, -0.1) is 0 Å². The van der Waals surface area contributed by atoms with E-state index in [9.17, 15) is 23.1 Å². The molecule has 8 nitrogen and oxygen atoms in total. The molecule has 34 heavy (non-hydrogen) atoms. The molecule has 2 atom stereocenters. The summed E-state index contributed by atoms with van der Waals surface area (Å²) in [5, 5.41) is 10.5. The van der Waals surface area contributed by atoms with E-state index in [2.05, 4.69) is 9.80 Å². The molecule has 1 aromatic carbocycles. The molecule has 3 rings (SSSR count). The summed E-state index contributed by atoms with van der Waals surface area (Å²) in [4.78, 5) is 18.8. The fourth-order valence-corrected chi connectivity index (χ4v) is 4.23. The molecule has 1 amide bonds. The van der Waals surface area contributed by atoms with Crippen LogP contribution in [0.5, 0.6) is 0 Å². The first-order valence-electron chi connectivity index (χ1n) is 11.5. The number of amides is 1. The SMILES string of the molecule is COCCN(C[C@H]1CN(C[C@H](O)CN2CCOCC2)CCO1)C(=O)c1cccc(C(F)(F)F)c1. The van der Waals surface area contributed by atoms with Gasteiger partial charge in [0.05, 0.1) is 44.2 Å². The number of hydrogen-bond acceptors (Lipinski definition) is 7. The normalized spacial score (nSPS) is 21.4. The van der Waals surface area contributed by atoms with Crippen LogP contribution in [0.4, 0.5) is 13.2 Å². The number of hydrogen-bond donors (Lipinski definition) is 1. The summed E-state index contributed by atoms with van der Waals surface area (Å²) in [6.45, 7) is 6.31. The molecule has 2 saturated heterocycles. The third kappa shape index (κ3) is 8.17. The van der Waals surface area contributed by atoms with Gasteiger partial charge in [-0.3, -0.25) is 14.6 Å². The summed E-state index contributed by atoms with van der Waals surface area (Å²) in [6.07, 6.45) is -5.37. The standard InChI is InChI=1S/C23H34F3N3O5/c1-32-9-8-29(22(31)18-3-2-4-19(13-18)23(24,25)26)17-21-16-28(7-12-34-21)15-20(30)14-27-5-10-33-11-6-27/h2-4,13,20-21,30H,5-12,14-17H2,1H3/t20-,21-/m1/s1. The van der Waals surface area contributed by atoms with Crippen LogP contribution in [0.2, 0.25) is 0 Å². The second-order valence-corrected chi connectivity index (χ2v) is 8.64. The molecule has 0 radical (unpaired) electrons. The Morgan fingerprint density at radius 2 is 1.91 bits per heavy atom. The second kappa shape index (κ2) is 12.8. The number of carbonyl (C=O) groups excluding carboxylic acids is 1. The Kier molecular flexibility index (Phi) is 10.1. The van der Waals surface area contributed by atoms with Crippen molar-refractivity contribution < 1.29 is 37.3 Å². The Bertz CT molecular complexity index is 776. The number of methoxy groups -OCH3 is 1. The van der Waals surface area contributed by atoms with Crippen molar-refractivity contribution in [1.82, 2.24) is 14.7 Å². The van der Waals surface area contributed by atoms with Gasteiger partial charge in [0.1, 0.15) is 0 Å². The smallest absolute Gasteiger partial charge is 0.390 e. The number of β-amino-alcohol motifs (C(OH)–C–C–N with tert-alkyl or cyclic N) is 1. The number of carbonyl (C=O) groups is 1. The quantitative estimate of drug-likeness (QED) is 0.529. The first-order valence-corrected chi connectivity index (χ1v) is 11.5. The number of aliphatic hydroxyl groups excluding tert-OH is 1. The van der Waals surface area contributed by atoms with Crippen LogP contribution in [0, 0.1) is 0 Å². The lowest BCUT2D eigenvalue weighted by atomic mass is 10.1. The van der Waals surface area contributed by atoms with Gasteiger partial charge < -0.3 is 24.2 Å². The average Bonchev–Trinajstić information content (AvgIpc) is 2.81. The highest BCUT2D eigenvalue weighted by Gasteiger charge is 2.32.